The highest BCUT2D eigenvalue weighted by Crippen LogP contribution is 2.35. The summed E-state index contributed by atoms with van der Waals surface area (Å²) >= 11 is 0. The van der Waals surface area contributed by atoms with Gasteiger partial charge in [0.25, 0.3) is 0 Å². The Kier molecular flexibility index (Phi) is 5.85. The van der Waals surface area contributed by atoms with Crippen LogP contribution in [0.4, 0.5) is 0 Å². The second kappa shape index (κ2) is 6.94. The number of carbonyl (C=O) groups excluding carboxylic acids is 1. The van der Waals surface area contributed by atoms with E-state index in [1.54, 1.807) is 0 Å². The van der Waals surface area contributed by atoms with E-state index in [4.69, 9.17) is 14.2 Å². The van der Waals surface area contributed by atoms with Gasteiger partial charge in [-0.1, -0.05) is 27.7 Å². The van der Waals surface area contributed by atoms with Crippen molar-refractivity contribution in [3.8, 4) is 0 Å². The minimum absolute atomic E-state index is 0.123. The monoisotopic (exact) mass is 270 g/mol. The average Bonchev–Trinajstić information content (AvgIpc) is 2.34. The van der Waals surface area contributed by atoms with Crippen molar-refractivity contribution in [2.24, 2.45) is 17.8 Å². The van der Waals surface area contributed by atoms with E-state index >= 15 is 0 Å². The molecule has 0 bridgehead atoms. The molecular weight excluding hydrogens is 244 g/mol. The van der Waals surface area contributed by atoms with Crippen molar-refractivity contribution < 1.29 is 19.0 Å². The number of hydrogen-bond acceptors (Lipinski definition) is 4. The number of esters is 1. The molecule has 4 heteroatoms. The molecule has 0 saturated carbocycles. The van der Waals surface area contributed by atoms with Crippen molar-refractivity contribution in [1.82, 2.24) is 0 Å². The fraction of sp³-hybridized carbons (Fsp3) is 0.800. The van der Waals surface area contributed by atoms with Gasteiger partial charge in [0, 0.05) is 12.3 Å². The number of hydrogen-bond donors (Lipinski definition) is 0. The lowest BCUT2D eigenvalue weighted by Gasteiger charge is -2.34. The van der Waals surface area contributed by atoms with Gasteiger partial charge in [0.1, 0.15) is 5.76 Å². The van der Waals surface area contributed by atoms with Gasteiger partial charge in [0.05, 0.1) is 19.3 Å². The molecule has 0 amide bonds. The van der Waals surface area contributed by atoms with E-state index < -0.39 is 0 Å². The van der Waals surface area contributed by atoms with Gasteiger partial charge in [-0.2, -0.15) is 0 Å². The summed E-state index contributed by atoms with van der Waals surface area (Å²) in [5.41, 5.74) is 0.655. The molecule has 1 aliphatic rings. The highest BCUT2D eigenvalue weighted by atomic mass is 16.7. The van der Waals surface area contributed by atoms with E-state index in [-0.39, 0.29) is 18.2 Å². The molecule has 0 radical (unpaired) electrons. The molecule has 0 fully saturated rings. The Morgan fingerprint density at radius 2 is 2.00 bits per heavy atom. The fourth-order valence-electron chi connectivity index (χ4n) is 2.31. The van der Waals surface area contributed by atoms with Crippen molar-refractivity contribution in [2.75, 3.05) is 13.7 Å². The topological polar surface area (TPSA) is 44.8 Å². The second-order valence-electron chi connectivity index (χ2n) is 5.82. The zero-order chi connectivity index (χ0) is 14.6. The Morgan fingerprint density at radius 1 is 1.37 bits per heavy atom. The third kappa shape index (κ3) is 4.23. The lowest BCUT2D eigenvalue weighted by atomic mass is 9.83. The molecule has 0 aromatic carbocycles. The van der Waals surface area contributed by atoms with Gasteiger partial charge in [0.15, 0.2) is 6.29 Å². The van der Waals surface area contributed by atoms with Gasteiger partial charge in [-0.05, 0) is 18.8 Å². The van der Waals surface area contributed by atoms with Gasteiger partial charge in [0.2, 0.25) is 0 Å². The van der Waals surface area contributed by atoms with Crippen LogP contribution in [0.3, 0.4) is 0 Å². The summed E-state index contributed by atoms with van der Waals surface area (Å²) < 4.78 is 16.3. The molecule has 1 aliphatic heterocycles. The number of methoxy groups -OCH3 is 1. The van der Waals surface area contributed by atoms with Crippen LogP contribution in [0.5, 0.6) is 0 Å². The van der Waals surface area contributed by atoms with Crippen LogP contribution in [-0.2, 0) is 19.0 Å². The molecule has 0 saturated heterocycles. The summed E-state index contributed by atoms with van der Waals surface area (Å²) in [5, 5.41) is 0. The Balaban J connectivity index is 2.85. The molecule has 2 atom stereocenters. The van der Waals surface area contributed by atoms with E-state index in [2.05, 4.69) is 27.7 Å². The van der Waals surface area contributed by atoms with Crippen LogP contribution in [0.2, 0.25) is 0 Å². The predicted molar refractivity (Wildman–Crippen MR) is 73.3 cm³/mol. The van der Waals surface area contributed by atoms with Gasteiger partial charge in [-0.25, -0.2) is 4.79 Å². The third-order valence-corrected chi connectivity index (χ3v) is 3.33. The van der Waals surface area contributed by atoms with Crippen LogP contribution < -0.4 is 0 Å². The highest BCUT2D eigenvalue weighted by molar-refractivity contribution is 5.89. The van der Waals surface area contributed by atoms with Crippen LogP contribution in [-0.4, -0.2) is 26.0 Å². The zero-order valence-corrected chi connectivity index (χ0v) is 12.9. The Morgan fingerprint density at radius 3 is 2.47 bits per heavy atom. The maximum Gasteiger partial charge on any atom is 0.337 e. The molecule has 19 heavy (non-hydrogen) atoms. The third-order valence-electron chi connectivity index (χ3n) is 3.33. The summed E-state index contributed by atoms with van der Waals surface area (Å²) in [6, 6.07) is 0. The minimum atomic E-state index is -0.293. The standard InChI is InChI=1S/C15H26O4/c1-9(2)8-18-13-7-12(10(3)4)14(11(5)19-13)15(16)17-6/h9-10,12-13H,7-8H2,1-6H3/t12-,13-/m1/s1. The lowest BCUT2D eigenvalue weighted by Crippen LogP contribution is -2.33. The van der Waals surface area contributed by atoms with E-state index in [0.717, 1.165) is 0 Å². The quantitative estimate of drug-likeness (QED) is 0.720. The molecule has 110 valence electrons. The van der Waals surface area contributed by atoms with Crippen molar-refractivity contribution in [2.45, 2.75) is 47.3 Å². The Hall–Kier alpha value is -1.03. The maximum atomic E-state index is 11.9. The maximum absolute atomic E-state index is 11.9. The molecule has 1 rings (SSSR count). The van der Waals surface area contributed by atoms with E-state index in [0.29, 0.717) is 36.2 Å². The van der Waals surface area contributed by atoms with Crippen molar-refractivity contribution in [3.05, 3.63) is 11.3 Å². The molecule has 0 unspecified atom stereocenters. The van der Waals surface area contributed by atoms with Crippen LogP contribution in [0.1, 0.15) is 41.0 Å². The van der Waals surface area contributed by atoms with Crippen molar-refractivity contribution in [1.29, 1.82) is 0 Å². The van der Waals surface area contributed by atoms with Gasteiger partial charge in [-0.15, -0.1) is 0 Å². The SMILES string of the molecule is COC(=O)C1=C(C)O[C@@H](OCC(C)C)C[C@@H]1C(C)C. The van der Waals surface area contributed by atoms with E-state index in [9.17, 15) is 4.79 Å². The molecular formula is C15H26O4. The Labute approximate surface area is 116 Å². The normalized spacial score (nSPS) is 23.8. The van der Waals surface area contributed by atoms with Crippen LogP contribution in [0, 0.1) is 17.8 Å². The first kappa shape index (κ1) is 16.0. The van der Waals surface area contributed by atoms with Gasteiger partial charge in [-0.3, -0.25) is 0 Å². The summed E-state index contributed by atoms with van der Waals surface area (Å²) in [5.74, 6) is 1.27. The fourth-order valence-corrected chi connectivity index (χ4v) is 2.31. The summed E-state index contributed by atoms with van der Waals surface area (Å²) in [6.07, 6.45) is 0.440. The molecule has 0 aromatic heterocycles. The Bertz CT molecular complexity index is 344. The molecule has 1 heterocycles. The second-order valence-corrected chi connectivity index (χ2v) is 5.82. The van der Waals surface area contributed by atoms with Gasteiger partial charge < -0.3 is 14.2 Å². The highest BCUT2D eigenvalue weighted by Gasteiger charge is 2.35. The van der Waals surface area contributed by atoms with Crippen LogP contribution in [0.15, 0.2) is 11.3 Å². The first-order chi connectivity index (χ1) is 8.86. The van der Waals surface area contributed by atoms with E-state index in [1.165, 1.54) is 7.11 Å². The van der Waals surface area contributed by atoms with Crippen LogP contribution >= 0.6 is 0 Å². The number of allylic oxidation sites excluding steroid dienone is 1. The van der Waals surface area contributed by atoms with Crippen molar-refractivity contribution >= 4 is 5.97 Å². The van der Waals surface area contributed by atoms with Crippen LogP contribution in [0.25, 0.3) is 0 Å². The smallest absolute Gasteiger partial charge is 0.337 e. The molecule has 0 aliphatic carbocycles. The molecule has 4 nitrogen and oxygen atoms in total. The zero-order valence-electron chi connectivity index (χ0n) is 12.9. The summed E-state index contributed by atoms with van der Waals surface area (Å²) in [7, 11) is 1.40. The summed E-state index contributed by atoms with van der Waals surface area (Å²) in [4.78, 5) is 11.9. The predicted octanol–water partition coefficient (Wildman–Crippen LogP) is 3.12. The minimum Gasteiger partial charge on any atom is -0.469 e. The van der Waals surface area contributed by atoms with E-state index in [1.807, 2.05) is 6.92 Å². The molecule has 0 spiro atoms. The number of ether oxygens (including phenoxy) is 3. The average molecular weight is 270 g/mol. The first-order valence-electron chi connectivity index (χ1n) is 6.94. The summed E-state index contributed by atoms with van der Waals surface area (Å²) in [6.45, 7) is 10.9. The molecule has 0 N–H and O–H groups in total. The molecule has 0 aromatic rings. The number of rotatable bonds is 5. The lowest BCUT2D eigenvalue weighted by molar-refractivity contribution is -0.153. The first-order valence-corrected chi connectivity index (χ1v) is 6.94. The largest absolute Gasteiger partial charge is 0.469 e. The van der Waals surface area contributed by atoms with Crippen molar-refractivity contribution in [3.63, 3.8) is 0 Å². The van der Waals surface area contributed by atoms with Gasteiger partial charge >= 0.3 is 5.97 Å². The number of carbonyl (C=O) groups is 1.